The Kier molecular flexibility index (Phi) is 6.11. The van der Waals surface area contributed by atoms with E-state index >= 15 is 0 Å². The van der Waals surface area contributed by atoms with Gasteiger partial charge in [0.15, 0.2) is 5.82 Å². The molecular weight excluding hydrogens is 421 g/mol. The van der Waals surface area contributed by atoms with E-state index in [0.717, 1.165) is 31.9 Å². The van der Waals surface area contributed by atoms with Crippen LogP contribution in [0.1, 0.15) is 17.3 Å². The van der Waals surface area contributed by atoms with Crippen LogP contribution in [0.4, 0.5) is 21.5 Å². The molecule has 9 heteroatoms. The number of primary amides is 1. The van der Waals surface area contributed by atoms with Gasteiger partial charge in [0.05, 0.1) is 39.8 Å². The number of anilines is 3. The first-order chi connectivity index (χ1) is 15.0. The minimum absolute atomic E-state index is 0.0240. The molecule has 1 aliphatic rings. The predicted octanol–water partition coefficient (Wildman–Crippen LogP) is 3.68. The van der Waals surface area contributed by atoms with Crippen LogP contribution in [0.3, 0.4) is 0 Å². The maximum absolute atomic E-state index is 14.6. The number of halogens is 2. The summed E-state index contributed by atoms with van der Waals surface area (Å²) in [4.78, 5) is 18.8. The van der Waals surface area contributed by atoms with Crippen molar-refractivity contribution in [1.29, 1.82) is 0 Å². The Morgan fingerprint density at radius 1 is 1.35 bits per heavy atom. The number of carbonyl (C=O) groups excluding carboxylic acids is 1. The number of hydrogen-bond acceptors (Lipinski definition) is 6. The second-order valence-corrected chi connectivity index (χ2v) is 7.55. The Hall–Kier alpha value is -3.10. The number of aromatic nitrogens is 1. The summed E-state index contributed by atoms with van der Waals surface area (Å²) in [6.07, 6.45) is 1.38. The lowest BCUT2D eigenvalue weighted by molar-refractivity contribution is 0.100. The topological polar surface area (TPSA) is 92.5 Å². The maximum atomic E-state index is 14.6. The molecule has 0 unspecified atom stereocenters. The Bertz CT molecular complexity index is 1130. The second kappa shape index (κ2) is 8.95. The third-order valence-electron chi connectivity index (χ3n) is 5.18. The van der Waals surface area contributed by atoms with Crippen molar-refractivity contribution in [2.75, 3.05) is 43.0 Å². The zero-order valence-corrected chi connectivity index (χ0v) is 17.8. The van der Waals surface area contributed by atoms with Gasteiger partial charge in [0.25, 0.3) is 5.91 Å². The summed E-state index contributed by atoms with van der Waals surface area (Å²) in [6.45, 7) is 5.73. The number of amides is 1. The first kappa shape index (κ1) is 21.1. The zero-order valence-electron chi connectivity index (χ0n) is 17.0. The van der Waals surface area contributed by atoms with Crippen LogP contribution in [0.25, 0.3) is 10.9 Å². The summed E-state index contributed by atoms with van der Waals surface area (Å²) in [5.74, 6) is -0.578. The number of benzene rings is 2. The summed E-state index contributed by atoms with van der Waals surface area (Å²) in [7, 11) is 0. The molecule has 0 atom stereocenters. The molecule has 0 aliphatic carbocycles. The lowest BCUT2D eigenvalue weighted by Gasteiger charge is -2.31. The third-order valence-corrected chi connectivity index (χ3v) is 5.47. The molecule has 7 nitrogen and oxygen atoms in total. The van der Waals surface area contributed by atoms with Crippen molar-refractivity contribution >= 4 is 45.5 Å². The van der Waals surface area contributed by atoms with E-state index in [-0.39, 0.29) is 16.3 Å². The number of rotatable bonds is 6. The fraction of sp³-hybridized carbons (Fsp3) is 0.273. The number of fused-ring (bicyclic) bond motifs is 1. The van der Waals surface area contributed by atoms with Crippen LogP contribution in [0.5, 0.6) is 5.75 Å². The highest BCUT2D eigenvalue weighted by Gasteiger charge is 2.21. The van der Waals surface area contributed by atoms with Crippen molar-refractivity contribution in [2.24, 2.45) is 5.73 Å². The van der Waals surface area contributed by atoms with E-state index in [0.29, 0.717) is 28.9 Å². The molecule has 1 amide bonds. The highest BCUT2D eigenvalue weighted by atomic mass is 35.5. The van der Waals surface area contributed by atoms with Gasteiger partial charge in [-0.05, 0) is 25.1 Å². The molecule has 4 N–H and O–H groups in total. The normalized spacial score (nSPS) is 14.0. The quantitative estimate of drug-likeness (QED) is 0.538. The monoisotopic (exact) mass is 443 g/mol. The van der Waals surface area contributed by atoms with E-state index in [9.17, 15) is 9.18 Å². The van der Waals surface area contributed by atoms with Gasteiger partial charge >= 0.3 is 0 Å². The van der Waals surface area contributed by atoms with Crippen LogP contribution < -0.4 is 26.0 Å². The van der Waals surface area contributed by atoms with Crippen molar-refractivity contribution in [1.82, 2.24) is 10.3 Å². The highest BCUT2D eigenvalue weighted by molar-refractivity contribution is 6.31. The molecule has 0 spiro atoms. The fourth-order valence-corrected chi connectivity index (χ4v) is 3.86. The van der Waals surface area contributed by atoms with Crippen molar-refractivity contribution in [2.45, 2.75) is 6.92 Å². The molecule has 3 aromatic rings. The molecule has 4 rings (SSSR count). The highest BCUT2D eigenvalue weighted by Crippen LogP contribution is 2.38. The van der Waals surface area contributed by atoms with E-state index < -0.39 is 11.7 Å². The van der Waals surface area contributed by atoms with Crippen LogP contribution in [0.15, 0.2) is 36.5 Å². The summed E-state index contributed by atoms with van der Waals surface area (Å²) in [5.41, 5.74) is 7.75. The zero-order chi connectivity index (χ0) is 22.0. The molecule has 2 aromatic carbocycles. The average molecular weight is 444 g/mol. The Morgan fingerprint density at radius 3 is 2.84 bits per heavy atom. The molecular formula is C22H23ClFN5O2. The molecule has 2 heterocycles. The SMILES string of the molecule is CCOc1cc2ncc(C(N)=O)c(Nc3cccc(Cl)c3F)c2cc1N1CCNCC1. The first-order valence-electron chi connectivity index (χ1n) is 10.1. The number of pyridine rings is 1. The maximum Gasteiger partial charge on any atom is 0.252 e. The summed E-state index contributed by atoms with van der Waals surface area (Å²) >= 11 is 5.93. The Labute approximate surface area is 184 Å². The van der Waals surface area contributed by atoms with Gasteiger partial charge in [0.1, 0.15) is 5.75 Å². The van der Waals surface area contributed by atoms with E-state index in [1.165, 1.54) is 12.3 Å². The number of nitrogens with two attached hydrogens (primary N) is 1. The average Bonchev–Trinajstić information content (AvgIpc) is 2.77. The Balaban J connectivity index is 1.92. The summed E-state index contributed by atoms with van der Waals surface area (Å²) in [6, 6.07) is 8.37. The van der Waals surface area contributed by atoms with Crippen LogP contribution >= 0.6 is 11.6 Å². The molecule has 0 saturated carbocycles. The summed E-state index contributed by atoms with van der Waals surface area (Å²) < 4.78 is 20.5. The Morgan fingerprint density at radius 2 is 2.13 bits per heavy atom. The summed E-state index contributed by atoms with van der Waals surface area (Å²) in [5, 5.41) is 6.95. The van der Waals surface area contributed by atoms with Gasteiger partial charge in [-0.3, -0.25) is 9.78 Å². The number of nitrogens with one attached hydrogen (secondary N) is 2. The van der Waals surface area contributed by atoms with E-state index in [4.69, 9.17) is 22.1 Å². The number of piperazine rings is 1. The smallest absolute Gasteiger partial charge is 0.252 e. The minimum atomic E-state index is -0.669. The van der Waals surface area contributed by atoms with Crippen LogP contribution in [0.2, 0.25) is 5.02 Å². The van der Waals surface area contributed by atoms with Gasteiger partial charge in [-0.15, -0.1) is 0 Å². The minimum Gasteiger partial charge on any atom is -0.492 e. The molecule has 1 fully saturated rings. The second-order valence-electron chi connectivity index (χ2n) is 7.14. The van der Waals surface area contributed by atoms with Gasteiger partial charge in [-0.1, -0.05) is 17.7 Å². The molecule has 0 bridgehead atoms. The van der Waals surface area contributed by atoms with Crippen molar-refractivity contribution < 1.29 is 13.9 Å². The first-order valence-corrected chi connectivity index (χ1v) is 10.4. The number of ether oxygens (including phenoxy) is 1. The van der Waals surface area contributed by atoms with Crippen LogP contribution in [-0.4, -0.2) is 43.7 Å². The molecule has 1 aromatic heterocycles. The lowest BCUT2D eigenvalue weighted by Crippen LogP contribution is -2.43. The third kappa shape index (κ3) is 4.22. The van der Waals surface area contributed by atoms with E-state index in [1.807, 2.05) is 19.1 Å². The fourth-order valence-electron chi connectivity index (χ4n) is 3.69. The number of nitrogens with zero attached hydrogens (tertiary/aromatic N) is 2. The largest absolute Gasteiger partial charge is 0.492 e. The van der Waals surface area contributed by atoms with Crippen LogP contribution in [0, 0.1) is 5.82 Å². The standard InChI is InChI=1S/C22H23ClFN5O2/c1-2-31-19-11-17-13(10-18(19)29-8-6-26-7-9-29)21(14(12-27-17)22(25)30)28-16-5-3-4-15(23)20(16)24/h3-5,10-12,26H,2,6-9H2,1H3,(H2,25,30)(H,27,28). The lowest BCUT2D eigenvalue weighted by atomic mass is 10.1. The molecule has 31 heavy (non-hydrogen) atoms. The van der Waals surface area contributed by atoms with Gasteiger partial charge < -0.3 is 26.0 Å². The molecule has 162 valence electrons. The van der Waals surface area contributed by atoms with Crippen molar-refractivity contribution in [3.05, 3.63) is 52.9 Å². The molecule has 0 radical (unpaired) electrons. The van der Waals surface area contributed by atoms with Crippen molar-refractivity contribution in [3.63, 3.8) is 0 Å². The van der Waals surface area contributed by atoms with Gasteiger partial charge in [-0.25, -0.2) is 4.39 Å². The van der Waals surface area contributed by atoms with Crippen LogP contribution in [-0.2, 0) is 0 Å². The van der Waals surface area contributed by atoms with E-state index in [1.54, 1.807) is 12.1 Å². The molecule has 1 saturated heterocycles. The molecule has 1 aliphatic heterocycles. The van der Waals surface area contributed by atoms with Gasteiger partial charge in [0, 0.05) is 43.8 Å². The number of carbonyl (C=O) groups is 1. The van der Waals surface area contributed by atoms with E-state index in [2.05, 4.69) is 20.5 Å². The number of hydrogen-bond donors (Lipinski definition) is 3. The van der Waals surface area contributed by atoms with Gasteiger partial charge in [-0.2, -0.15) is 0 Å². The van der Waals surface area contributed by atoms with Gasteiger partial charge in [0.2, 0.25) is 0 Å². The van der Waals surface area contributed by atoms with Crippen molar-refractivity contribution in [3.8, 4) is 5.75 Å². The predicted molar refractivity (Wildman–Crippen MR) is 121 cm³/mol.